The molecule has 0 saturated heterocycles. The zero-order valence-corrected chi connectivity index (χ0v) is 13.0. The van der Waals surface area contributed by atoms with Crippen molar-refractivity contribution in [3.63, 3.8) is 0 Å². The number of para-hydroxylation sites is 1. The molecule has 0 fully saturated rings. The predicted molar refractivity (Wildman–Crippen MR) is 81.3 cm³/mol. The van der Waals surface area contributed by atoms with Crippen molar-refractivity contribution in [2.45, 2.75) is 4.90 Å². The summed E-state index contributed by atoms with van der Waals surface area (Å²) < 4.78 is 32.2. The largest absolute Gasteiger partial charge is 0.454 e. The third-order valence-corrected chi connectivity index (χ3v) is 4.69. The molecule has 0 heterocycles. The SMILES string of the molecule is CNS(=O)(=O)c1ccc(N)c(Oc2ccccc2Br)c1. The highest BCUT2D eigenvalue weighted by Gasteiger charge is 2.14. The second kappa shape index (κ2) is 5.82. The van der Waals surface area contributed by atoms with Gasteiger partial charge in [0, 0.05) is 6.07 Å². The molecular formula is C13H13BrN2O3S. The summed E-state index contributed by atoms with van der Waals surface area (Å²) >= 11 is 3.35. The summed E-state index contributed by atoms with van der Waals surface area (Å²) in [6.45, 7) is 0. The zero-order valence-electron chi connectivity index (χ0n) is 10.6. The van der Waals surface area contributed by atoms with E-state index in [1.165, 1.54) is 25.2 Å². The summed E-state index contributed by atoms with van der Waals surface area (Å²) in [6, 6.07) is 11.5. The lowest BCUT2D eigenvalue weighted by Gasteiger charge is -2.11. The molecule has 0 aliphatic carbocycles. The number of nitrogens with one attached hydrogen (secondary N) is 1. The molecule has 20 heavy (non-hydrogen) atoms. The lowest BCUT2D eigenvalue weighted by atomic mass is 10.3. The van der Waals surface area contributed by atoms with Gasteiger partial charge < -0.3 is 10.5 Å². The van der Waals surface area contributed by atoms with Crippen LogP contribution in [0.2, 0.25) is 0 Å². The maximum absolute atomic E-state index is 11.8. The van der Waals surface area contributed by atoms with Gasteiger partial charge in [-0.15, -0.1) is 0 Å². The number of sulfonamides is 1. The fourth-order valence-corrected chi connectivity index (χ4v) is 2.64. The van der Waals surface area contributed by atoms with Crippen LogP contribution < -0.4 is 15.2 Å². The molecule has 3 N–H and O–H groups in total. The van der Waals surface area contributed by atoms with Crippen LogP contribution in [0.1, 0.15) is 0 Å². The maximum atomic E-state index is 11.8. The van der Waals surface area contributed by atoms with E-state index in [0.29, 0.717) is 11.4 Å². The highest BCUT2D eigenvalue weighted by Crippen LogP contribution is 2.33. The molecule has 0 aliphatic heterocycles. The van der Waals surface area contributed by atoms with E-state index < -0.39 is 10.0 Å². The highest BCUT2D eigenvalue weighted by molar-refractivity contribution is 9.10. The third kappa shape index (κ3) is 3.12. The molecule has 2 aromatic rings. The van der Waals surface area contributed by atoms with Crippen molar-refractivity contribution in [3.8, 4) is 11.5 Å². The van der Waals surface area contributed by atoms with Crippen molar-refractivity contribution in [1.82, 2.24) is 4.72 Å². The molecule has 2 aromatic carbocycles. The molecule has 0 unspecified atom stereocenters. The van der Waals surface area contributed by atoms with E-state index in [2.05, 4.69) is 20.7 Å². The molecule has 0 atom stereocenters. The van der Waals surface area contributed by atoms with Crippen molar-refractivity contribution >= 4 is 31.6 Å². The van der Waals surface area contributed by atoms with Crippen LogP contribution >= 0.6 is 15.9 Å². The summed E-state index contributed by atoms with van der Waals surface area (Å²) in [7, 11) is -2.19. The first-order valence-electron chi connectivity index (χ1n) is 5.69. The van der Waals surface area contributed by atoms with Gasteiger partial charge in [0.05, 0.1) is 15.1 Å². The minimum atomic E-state index is -3.54. The van der Waals surface area contributed by atoms with E-state index in [1.807, 2.05) is 18.2 Å². The van der Waals surface area contributed by atoms with Crippen LogP contribution in [0.3, 0.4) is 0 Å². The van der Waals surface area contributed by atoms with Crippen LogP contribution in [-0.2, 0) is 10.0 Å². The van der Waals surface area contributed by atoms with Gasteiger partial charge in [0.2, 0.25) is 10.0 Å². The van der Waals surface area contributed by atoms with Crippen LogP contribution in [-0.4, -0.2) is 15.5 Å². The lowest BCUT2D eigenvalue weighted by molar-refractivity contribution is 0.480. The third-order valence-electron chi connectivity index (χ3n) is 2.62. The Kier molecular flexibility index (Phi) is 4.32. The molecule has 7 heteroatoms. The summed E-state index contributed by atoms with van der Waals surface area (Å²) in [5.74, 6) is 0.839. The van der Waals surface area contributed by atoms with E-state index in [4.69, 9.17) is 10.5 Å². The summed E-state index contributed by atoms with van der Waals surface area (Å²) in [6.07, 6.45) is 0. The number of halogens is 1. The maximum Gasteiger partial charge on any atom is 0.240 e. The first kappa shape index (κ1) is 14.8. The molecule has 0 aromatic heterocycles. The van der Waals surface area contributed by atoms with Crippen LogP contribution in [0.5, 0.6) is 11.5 Å². The number of hydrogen-bond donors (Lipinski definition) is 2. The van der Waals surface area contributed by atoms with E-state index >= 15 is 0 Å². The monoisotopic (exact) mass is 356 g/mol. The Hall–Kier alpha value is -1.57. The van der Waals surface area contributed by atoms with Gasteiger partial charge in [0.1, 0.15) is 5.75 Å². The molecule has 0 radical (unpaired) electrons. The molecular weight excluding hydrogens is 344 g/mol. The second-order valence-corrected chi connectivity index (χ2v) is 6.68. The van der Waals surface area contributed by atoms with Crippen LogP contribution in [0.15, 0.2) is 51.8 Å². The molecule has 5 nitrogen and oxygen atoms in total. The minimum absolute atomic E-state index is 0.0938. The predicted octanol–water partition coefficient (Wildman–Crippen LogP) is 2.73. The topological polar surface area (TPSA) is 81.4 Å². The first-order valence-corrected chi connectivity index (χ1v) is 7.97. The molecule has 2 rings (SSSR count). The van der Waals surface area contributed by atoms with E-state index in [-0.39, 0.29) is 10.6 Å². The lowest BCUT2D eigenvalue weighted by Crippen LogP contribution is -2.18. The Labute approximate surface area is 125 Å². The number of benzene rings is 2. The minimum Gasteiger partial charge on any atom is -0.454 e. The summed E-state index contributed by atoms with van der Waals surface area (Å²) in [5, 5.41) is 0. The molecule has 0 aliphatic rings. The number of nitrogen functional groups attached to an aromatic ring is 1. The molecule has 0 bridgehead atoms. The zero-order chi connectivity index (χ0) is 14.8. The van der Waals surface area contributed by atoms with Crippen molar-refractivity contribution in [1.29, 1.82) is 0 Å². The van der Waals surface area contributed by atoms with Gasteiger partial charge in [-0.2, -0.15) is 0 Å². The van der Waals surface area contributed by atoms with Crippen LogP contribution in [0.4, 0.5) is 5.69 Å². The molecule has 0 spiro atoms. The fraction of sp³-hybridized carbons (Fsp3) is 0.0769. The van der Waals surface area contributed by atoms with Gasteiger partial charge in [-0.1, -0.05) is 12.1 Å². The summed E-state index contributed by atoms with van der Waals surface area (Å²) in [5.41, 5.74) is 6.17. The standard InChI is InChI=1S/C13H13BrN2O3S/c1-16-20(17,18)9-6-7-11(15)13(8-9)19-12-5-3-2-4-10(12)14/h2-8,16H,15H2,1H3. The fourth-order valence-electron chi connectivity index (χ4n) is 1.53. The van der Waals surface area contributed by atoms with Gasteiger partial charge in [-0.05, 0) is 47.2 Å². The van der Waals surface area contributed by atoms with Gasteiger partial charge >= 0.3 is 0 Å². The van der Waals surface area contributed by atoms with Crippen LogP contribution in [0.25, 0.3) is 0 Å². The quantitative estimate of drug-likeness (QED) is 0.825. The normalized spacial score (nSPS) is 11.3. The highest BCUT2D eigenvalue weighted by atomic mass is 79.9. The number of nitrogens with two attached hydrogens (primary N) is 1. The Morgan fingerprint density at radius 2 is 1.85 bits per heavy atom. The van der Waals surface area contributed by atoms with Gasteiger partial charge in [0.25, 0.3) is 0 Å². The van der Waals surface area contributed by atoms with Gasteiger partial charge in [-0.25, -0.2) is 13.1 Å². The Balaban J connectivity index is 2.42. The van der Waals surface area contributed by atoms with Crippen molar-refractivity contribution < 1.29 is 13.2 Å². The van der Waals surface area contributed by atoms with E-state index in [0.717, 1.165) is 4.47 Å². The summed E-state index contributed by atoms with van der Waals surface area (Å²) in [4.78, 5) is 0.0938. The van der Waals surface area contributed by atoms with Crippen molar-refractivity contribution in [3.05, 3.63) is 46.9 Å². The van der Waals surface area contributed by atoms with E-state index in [1.54, 1.807) is 6.07 Å². The number of hydrogen-bond acceptors (Lipinski definition) is 4. The number of anilines is 1. The second-order valence-electron chi connectivity index (χ2n) is 3.94. The van der Waals surface area contributed by atoms with Crippen molar-refractivity contribution in [2.24, 2.45) is 0 Å². The average Bonchev–Trinajstić information content (AvgIpc) is 2.43. The van der Waals surface area contributed by atoms with Gasteiger partial charge in [-0.3, -0.25) is 0 Å². The molecule has 0 saturated carbocycles. The Bertz CT molecular complexity index is 732. The molecule has 106 valence electrons. The van der Waals surface area contributed by atoms with Gasteiger partial charge in [0.15, 0.2) is 5.75 Å². The Morgan fingerprint density at radius 3 is 2.50 bits per heavy atom. The first-order chi connectivity index (χ1) is 9.44. The smallest absolute Gasteiger partial charge is 0.240 e. The molecule has 0 amide bonds. The number of ether oxygens (including phenoxy) is 1. The average molecular weight is 357 g/mol. The van der Waals surface area contributed by atoms with Crippen LogP contribution in [0, 0.1) is 0 Å². The van der Waals surface area contributed by atoms with E-state index in [9.17, 15) is 8.42 Å². The van der Waals surface area contributed by atoms with Crippen molar-refractivity contribution in [2.75, 3.05) is 12.8 Å². The number of rotatable bonds is 4. The Morgan fingerprint density at radius 1 is 1.15 bits per heavy atom.